The number of thiazole rings is 2. The van der Waals surface area contributed by atoms with Crippen LogP contribution in [0.1, 0.15) is 78.3 Å². The number of benzene rings is 5. The molecule has 0 spiro atoms. The van der Waals surface area contributed by atoms with Gasteiger partial charge in [-0.25, -0.2) is 0 Å². The Morgan fingerprint density at radius 2 is 1.44 bits per heavy atom. The maximum atomic E-state index is 14.6. The molecule has 358 valence electrons. The van der Waals surface area contributed by atoms with Crippen molar-refractivity contribution in [3.63, 3.8) is 0 Å². The first kappa shape index (κ1) is 47.8. The molecule has 2 aliphatic heterocycles. The van der Waals surface area contributed by atoms with Crippen molar-refractivity contribution in [2.45, 2.75) is 70.6 Å². The summed E-state index contributed by atoms with van der Waals surface area (Å²) < 4.78 is 3.55. The predicted molar refractivity (Wildman–Crippen MR) is 287 cm³/mol. The van der Waals surface area contributed by atoms with Crippen LogP contribution in [0.15, 0.2) is 143 Å². The van der Waals surface area contributed by atoms with Crippen LogP contribution < -0.4 is 25.2 Å². The first-order valence-electron chi connectivity index (χ1n) is 23.5. The Morgan fingerprint density at radius 3 is 2.08 bits per heavy atom. The fourth-order valence-corrected chi connectivity index (χ4v) is 13.8. The summed E-state index contributed by atoms with van der Waals surface area (Å²) in [4.78, 5) is 71.7. The van der Waals surface area contributed by atoms with Gasteiger partial charge in [-0.3, -0.25) is 38.0 Å². The minimum absolute atomic E-state index is 0.0231. The fourth-order valence-electron chi connectivity index (χ4n) is 10.0. The van der Waals surface area contributed by atoms with Crippen molar-refractivity contribution in [3.05, 3.63) is 206 Å². The lowest BCUT2D eigenvalue weighted by molar-refractivity contribution is -0.142. The van der Waals surface area contributed by atoms with Gasteiger partial charge in [0.2, 0.25) is 0 Å². The molecule has 11 nitrogen and oxygen atoms in total. The second-order valence-corrected chi connectivity index (χ2v) is 21.5. The Balaban J connectivity index is 1.05. The van der Waals surface area contributed by atoms with Crippen LogP contribution in [-0.2, 0) is 34.0 Å². The summed E-state index contributed by atoms with van der Waals surface area (Å²) in [6.07, 6.45) is 7.58. The molecule has 4 heterocycles. The maximum absolute atomic E-state index is 14.6. The van der Waals surface area contributed by atoms with Crippen LogP contribution in [0.2, 0.25) is 0 Å². The summed E-state index contributed by atoms with van der Waals surface area (Å²) in [7, 11) is 0. The molecule has 0 bridgehead atoms. The molecule has 1 amide bonds. The molecule has 3 aliphatic rings. The van der Waals surface area contributed by atoms with Gasteiger partial charge in [-0.2, -0.15) is 0 Å². The monoisotopic (exact) mass is 1020 g/mol. The van der Waals surface area contributed by atoms with Gasteiger partial charge in [-0.15, -0.1) is 22.7 Å². The number of thiocarbonyl (C=S) groups is 1. The number of thioether (sulfide) groups is 1. The Bertz CT molecular complexity index is 3560. The zero-order valence-electron chi connectivity index (χ0n) is 38.6. The zero-order chi connectivity index (χ0) is 49.3. The molecule has 2 N–H and O–H groups in total. The van der Waals surface area contributed by atoms with Gasteiger partial charge in [-0.1, -0.05) is 147 Å². The number of carbonyl (C=O) groups is 3. The molecular weight excluding hydrogens is 969 g/mol. The van der Waals surface area contributed by atoms with E-state index in [9.17, 15) is 34.2 Å². The maximum Gasteiger partial charge on any atom is 0.323 e. The van der Waals surface area contributed by atoms with E-state index in [4.69, 9.17) is 12.2 Å². The Kier molecular flexibility index (Phi) is 13.7. The number of aliphatic carboxylic acids is 2. The van der Waals surface area contributed by atoms with Crippen molar-refractivity contribution in [2.24, 2.45) is 5.92 Å². The van der Waals surface area contributed by atoms with Gasteiger partial charge in [-0.05, 0) is 101 Å². The number of anilines is 2. The van der Waals surface area contributed by atoms with Gasteiger partial charge in [0.1, 0.15) is 29.6 Å². The first-order valence-corrected chi connectivity index (χ1v) is 26.4. The highest BCUT2D eigenvalue weighted by atomic mass is 32.2. The molecule has 71 heavy (non-hydrogen) atoms. The Morgan fingerprint density at radius 1 is 0.775 bits per heavy atom. The molecule has 0 radical (unpaired) electrons. The average molecular weight is 1020 g/mol. The van der Waals surface area contributed by atoms with Gasteiger partial charge < -0.3 is 15.1 Å². The van der Waals surface area contributed by atoms with Gasteiger partial charge in [0.05, 0.1) is 17.0 Å². The second kappa shape index (κ2) is 20.4. The topological polar surface area (TPSA) is 142 Å². The van der Waals surface area contributed by atoms with Crippen LogP contribution in [0.4, 0.5) is 11.4 Å². The number of amides is 1. The normalized spacial score (nSPS) is 18.2. The molecule has 1 aliphatic carbocycles. The van der Waals surface area contributed by atoms with Crippen molar-refractivity contribution in [1.29, 1.82) is 0 Å². The summed E-state index contributed by atoms with van der Waals surface area (Å²) in [5, 5.41) is 20.0. The highest BCUT2D eigenvalue weighted by molar-refractivity contribution is 8.30. The highest BCUT2D eigenvalue weighted by Gasteiger charge is 2.42. The van der Waals surface area contributed by atoms with E-state index in [1.165, 1.54) is 15.0 Å². The largest absolute Gasteiger partial charge is 0.481 e. The summed E-state index contributed by atoms with van der Waals surface area (Å²) in [6.45, 7) is 1.26. The van der Waals surface area contributed by atoms with Gasteiger partial charge >= 0.3 is 11.9 Å². The first-order chi connectivity index (χ1) is 34.5. The van der Waals surface area contributed by atoms with E-state index in [1.54, 1.807) is 13.0 Å². The van der Waals surface area contributed by atoms with Crippen molar-refractivity contribution in [1.82, 2.24) is 14.0 Å². The van der Waals surface area contributed by atoms with Crippen molar-refractivity contribution < 1.29 is 24.6 Å². The standard InChI is InChI=1S/C56H48N4O7S4/c1-2-37(55(66)67)27-28-57-51(64)48(70-53(57)49-52(65)59(56(68)71-49)32-35-13-6-3-7-14-35)54-58(33-47(61)62)50(63)46(69-54)31-36-23-26-45-43(30-36)41-19-12-20-44(41)60(45)40-24-21-34(22-25-40)29-42(38-15-8-4-9-16-38)39-17-10-5-11-18-39/h3-11,13-18,21-26,29-31,37,41,44H,2,12,19-20,27-28,32-33H2,1H3,(H,61,62)(H,66,67)/b46-31-,53-49+,54-48+. The predicted octanol–water partition coefficient (Wildman–Crippen LogP) is 9.38. The fraction of sp³-hybridized carbons (Fsp3) is 0.214. The zero-order valence-corrected chi connectivity index (χ0v) is 41.9. The smallest absolute Gasteiger partial charge is 0.323 e. The molecule has 2 aromatic heterocycles. The molecule has 7 aromatic rings. The molecule has 15 heteroatoms. The van der Waals surface area contributed by atoms with E-state index in [2.05, 4.69) is 95.9 Å². The quantitative estimate of drug-likeness (QED) is 0.0800. The van der Waals surface area contributed by atoms with Crippen LogP contribution >= 0.6 is 46.7 Å². The van der Waals surface area contributed by atoms with E-state index in [0.29, 0.717) is 10.7 Å². The van der Waals surface area contributed by atoms with Gasteiger partial charge in [0.15, 0.2) is 0 Å². The number of hydrogen-bond acceptors (Lipinski definition) is 10. The number of fused-ring (bicyclic) bond motifs is 3. The van der Waals surface area contributed by atoms with Crippen molar-refractivity contribution >= 4 is 103 Å². The van der Waals surface area contributed by atoms with Crippen molar-refractivity contribution in [3.8, 4) is 0 Å². The highest BCUT2D eigenvalue weighted by Crippen LogP contribution is 2.52. The number of rotatable bonds is 14. The van der Waals surface area contributed by atoms with E-state index < -0.39 is 41.4 Å². The van der Waals surface area contributed by atoms with Crippen molar-refractivity contribution in [2.75, 3.05) is 4.90 Å². The summed E-state index contributed by atoms with van der Waals surface area (Å²) in [5.41, 5.74) is 8.45. The number of carboxylic acids is 2. The number of carbonyl (C=O) groups excluding carboxylic acids is 1. The van der Waals surface area contributed by atoms with E-state index in [1.807, 2.05) is 48.5 Å². The Hall–Kier alpha value is -6.91. The lowest BCUT2D eigenvalue weighted by Gasteiger charge is -2.27. The van der Waals surface area contributed by atoms with Crippen LogP contribution in [0.25, 0.3) is 22.6 Å². The molecular formula is C56H48N4O7S4. The minimum Gasteiger partial charge on any atom is -0.481 e. The number of carboxylic acid groups (broad SMARTS) is 2. The third kappa shape index (κ3) is 9.54. The third-order valence-electron chi connectivity index (χ3n) is 13.5. The third-order valence-corrected chi connectivity index (χ3v) is 17.5. The van der Waals surface area contributed by atoms with E-state index >= 15 is 0 Å². The molecule has 1 saturated heterocycles. The molecule has 10 rings (SSSR count). The Labute approximate surface area is 426 Å². The van der Waals surface area contributed by atoms with E-state index in [0.717, 1.165) is 103 Å². The number of nitrogens with zero attached hydrogens (tertiary/aromatic N) is 4. The van der Waals surface area contributed by atoms with Crippen LogP contribution in [0, 0.1) is 15.1 Å². The summed E-state index contributed by atoms with van der Waals surface area (Å²) >= 11 is 8.76. The summed E-state index contributed by atoms with van der Waals surface area (Å²) in [6, 6.07) is 45.4. The molecule has 3 atom stereocenters. The van der Waals surface area contributed by atoms with E-state index in [-0.39, 0.29) is 54.8 Å². The SMILES string of the molecule is CCC(CCn1c(=O)/c(=c2\s/c(=C\c3ccc4c(c3)C3CCCC3N4c3ccc(C=C(c4ccccc4)c4ccccc4)cc3)c(=O)n2CC(=O)O)s/c1=C1/SC(=S)N(Cc2ccccc2)C1=O)C(=O)O. The van der Waals surface area contributed by atoms with Crippen LogP contribution in [-0.4, -0.2) is 52.5 Å². The molecule has 5 aromatic carbocycles. The lowest BCUT2D eigenvalue weighted by atomic mass is 9.95. The lowest BCUT2D eigenvalue weighted by Crippen LogP contribution is -2.32. The molecule has 3 unspecified atom stereocenters. The van der Waals surface area contributed by atoms with Gasteiger partial charge in [0.25, 0.3) is 17.0 Å². The average Bonchev–Trinajstić information content (AvgIpc) is 4.18. The van der Waals surface area contributed by atoms with Crippen LogP contribution in [0.5, 0.6) is 0 Å². The number of hydrogen-bond donors (Lipinski definition) is 2. The summed E-state index contributed by atoms with van der Waals surface area (Å²) in [5.74, 6) is -3.13. The molecule has 2 fully saturated rings. The van der Waals surface area contributed by atoms with Crippen LogP contribution in [0.3, 0.4) is 0 Å². The second-order valence-electron chi connectivity index (χ2n) is 17.9. The number of aromatic nitrogens is 2. The van der Waals surface area contributed by atoms with Gasteiger partial charge in [0, 0.05) is 29.9 Å². The minimum atomic E-state index is -1.26. The molecule has 1 saturated carbocycles.